The predicted octanol–water partition coefficient (Wildman–Crippen LogP) is 4.79. The van der Waals surface area contributed by atoms with Gasteiger partial charge in [0.2, 0.25) is 5.95 Å². The number of hydrogen-bond acceptors (Lipinski definition) is 5. The highest BCUT2D eigenvalue weighted by molar-refractivity contribution is 6.34. The van der Waals surface area contributed by atoms with Gasteiger partial charge in [-0.2, -0.15) is 9.78 Å². The zero-order chi connectivity index (χ0) is 22.8. The summed E-state index contributed by atoms with van der Waals surface area (Å²) in [4.78, 5) is 32.6. The zero-order valence-electron chi connectivity index (χ0n) is 17.0. The van der Waals surface area contributed by atoms with Gasteiger partial charge < -0.3 is 9.73 Å². The minimum atomic E-state index is -0.436. The van der Waals surface area contributed by atoms with E-state index < -0.39 is 5.91 Å². The van der Waals surface area contributed by atoms with E-state index in [4.69, 9.17) is 16.0 Å². The van der Waals surface area contributed by atoms with Crippen molar-refractivity contribution in [3.8, 4) is 28.7 Å². The minimum Gasteiger partial charge on any atom is -0.463 e. The first-order valence-corrected chi connectivity index (χ1v) is 10.3. The molecule has 1 amide bonds. The number of anilines is 1. The molecule has 3 heterocycles. The van der Waals surface area contributed by atoms with Crippen LogP contribution >= 0.6 is 11.6 Å². The van der Waals surface area contributed by atoms with Crippen LogP contribution in [-0.2, 0) is 0 Å². The quantitative estimate of drug-likeness (QED) is 0.394. The molecule has 0 aliphatic heterocycles. The van der Waals surface area contributed by atoms with E-state index >= 15 is 0 Å². The molecule has 0 radical (unpaired) electrons. The molecule has 8 nitrogen and oxygen atoms in total. The number of hydrogen-bond donors (Lipinski definition) is 2. The average molecular weight is 458 g/mol. The van der Waals surface area contributed by atoms with Crippen LogP contribution in [0.3, 0.4) is 0 Å². The fraction of sp³-hybridized carbons (Fsp3) is 0. The Labute approximate surface area is 192 Å². The van der Waals surface area contributed by atoms with Gasteiger partial charge in [-0.25, -0.2) is 4.98 Å². The number of benzene rings is 2. The van der Waals surface area contributed by atoms with Crippen LogP contribution in [0.4, 0.5) is 5.82 Å². The molecule has 5 aromatic rings. The third kappa shape index (κ3) is 4.19. The van der Waals surface area contributed by atoms with Crippen LogP contribution < -0.4 is 10.9 Å². The van der Waals surface area contributed by atoms with Gasteiger partial charge in [0.25, 0.3) is 11.5 Å². The Bertz CT molecular complexity index is 1490. The number of amides is 1. The molecule has 0 saturated carbocycles. The number of carbonyl (C=O) groups excluding carboxylic acids is 1. The number of H-pyrrole nitrogens is 1. The summed E-state index contributed by atoms with van der Waals surface area (Å²) in [6.07, 6.45) is 1.52. The Morgan fingerprint density at radius 2 is 1.76 bits per heavy atom. The van der Waals surface area contributed by atoms with E-state index in [0.29, 0.717) is 27.7 Å². The van der Waals surface area contributed by atoms with Crippen LogP contribution in [0.1, 0.15) is 10.4 Å². The standard InChI is InChI=1S/C24H16ClN5O3/c25-17-10-5-4-9-16(17)23(32)27-21-13-19(20-11-6-12-33-20)29-30(21)24-26-18(14-22(31)28-24)15-7-2-1-3-8-15/h1-14H,(H,27,32)(H,26,28,31). The van der Waals surface area contributed by atoms with Crippen molar-refractivity contribution in [2.75, 3.05) is 5.32 Å². The molecule has 9 heteroatoms. The van der Waals surface area contributed by atoms with Crippen molar-refractivity contribution in [1.29, 1.82) is 0 Å². The Hall–Kier alpha value is -4.43. The van der Waals surface area contributed by atoms with Crippen molar-refractivity contribution >= 4 is 23.3 Å². The monoisotopic (exact) mass is 457 g/mol. The van der Waals surface area contributed by atoms with Gasteiger partial charge in [0.05, 0.1) is 22.5 Å². The van der Waals surface area contributed by atoms with Crippen LogP contribution in [0.25, 0.3) is 28.7 Å². The molecule has 162 valence electrons. The predicted molar refractivity (Wildman–Crippen MR) is 125 cm³/mol. The van der Waals surface area contributed by atoms with Crippen LogP contribution in [0.2, 0.25) is 5.02 Å². The van der Waals surface area contributed by atoms with Gasteiger partial charge in [-0.3, -0.25) is 14.6 Å². The molecule has 0 saturated heterocycles. The number of aromatic nitrogens is 4. The first-order valence-electron chi connectivity index (χ1n) is 9.95. The van der Waals surface area contributed by atoms with Gasteiger partial charge in [0.1, 0.15) is 11.5 Å². The molecule has 0 fully saturated rings. The minimum absolute atomic E-state index is 0.133. The van der Waals surface area contributed by atoms with Crippen LogP contribution in [0, 0.1) is 0 Å². The van der Waals surface area contributed by atoms with E-state index in [2.05, 4.69) is 20.4 Å². The molecule has 0 unspecified atom stereocenters. The van der Waals surface area contributed by atoms with Crippen LogP contribution in [0.15, 0.2) is 94.3 Å². The van der Waals surface area contributed by atoms with Crippen molar-refractivity contribution in [3.63, 3.8) is 0 Å². The highest BCUT2D eigenvalue weighted by Gasteiger charge is 2.19. The molecule has 3 aromatic heterocycles. The van der Waals surface area contributed by atoms with E-state index in [-0.39, 0.29) is 17.3 Å². The van der Waals surface area contributed by atoms with Crippen molar-refractivity contribution in [2.45, 2.75) is 0 Å². The lowest BCUT2D eigenvalue weighted by atomic mass is 10.1. The molecule has 33 heavy (non-hydrogen) atoms. The molecule has 0 spiro atoms. The van der Waals surface area contributed by atoms with Gasteiger partial charge in [0, 0.05) is 17.7 Å². The summed E-state index contributed by atoms with van der Waals surface area (Å²) in [5.41, 5.74) is 1.61. The van der Waals surface area contributed by atoms with Gasteiger partial charge in [0.15, 0.2) is 5.76 Å². The third-order valence-electron chi connectivity index (χ3n) is 4.84. The van der Waals surface area contributed by atoms with Crippen LogP contribution in [-0.4, -0.2) is 25.7 Å². The van der Waals surface area contributed by atoms with Gasteiger partial charge in [-0.05, 0) is 24.3 Å². The van der Waals surface area contributed by atoms with E-state index in [0.717, 1.165) is 5.56 Å². The summed E-state index contributed by atoms with van der Waals surface area (Å²) < 4.78 is 6.79. The molecule has 5 rings (SSSR count). The number of nitrogens with zero attached hydrogens (tertiary/aromatic N) is 3. The second-order valence-electron chi connectivity index (χ2n) is 7.06. The largest absolute Gasteiger partial charge is 0.463 e. The maximum Gasteiger partial charge on any atom is 0.258 e. The molecular weight excluding hydrogens is 442 g/mol. The van der Waals surface area contributed by atoms with Crippen LogP contribution in [0.5, 0.6) is 0 Å². The second kappa shape index (κ2) is 8.60. The summed E-state index contributed by atoms with van der Waals surface area (Å²) in [6, 6.07) is 22.5. The Kier molecular flexibility index (Phi) is 5.34. The third-order valence-corrected chi connectivity index (χ3v) is 5.17. The Morgan fingerprint density at radius 3 is 2.52 bits per heavy atom. The molecule has 2 N–H and O–H groups in total. The number of halogens is 1. The first-order chi connectivity index (χ1) is 16.1. The Balaban J connectivity index is 1.61. The molecule has 0 atom stereocenters. The van der Waals surface area contributed by atoms with Crippen molar-refractivity contribution in [2.24, 2.45) is 0 Å². The smallest absolute Gasteiger partial charge is 0.258 e. The fourth-order valence-corrected chi connectivity index (χ4v) is 3.53. The van der Waals surface area contributed by atoms with E-state index in [1.54, 1.807) is 42.5 Å². The second-order valence-corrected chi connectivity index (χ2v) is 7.47. The number of furan rings is 1. The summed E-state index contributed by atoms with van der Waals surface area (Å²) in [7, 11) is 0. The van der Waals surface area contributed by atoms with Crippen molar-refractivity contribution in [3.05, 3.63) is 106 Å². The lowest BCUT2D eigenvalue weighted by molar-refractivity contribution is 0.102. The molecule has 0 aliphatic rings. The lowest BCUT2D eigenvalue weighted by Gasteiger charge is -2.10. The maximum atomic E-state index is 12.9. The number of nitrogens with one attached hydrogen (secondary N) is 2. The van der Waals surface area contributed by atoms with Gasteiger partial charge >= 0.3 is 0 Å². The maximum absolute atomic E-state index is 12.9. The van der Waals surface area contributed by atoms with E-state index in [1.807, 2.05) is 30.3 Å². The summed E-state index contributed by atoms with van der Waals surface area (Å²) in [5.74, 6) is 0.464. The highest BCUT2D eigenvalue weighted by atomic mass is 35.5. The fourth-order valence-electron chi connectivity index (χ4n) is 3.31. The zero-order valence-corrected chi connectivity index (χ0v) is 17.8. The summed E-state index contributed by atoms with van der Waals surface area (Å²) in [6.45, 7) is 0. The normalized spacial score (nSPS) is 10.8. The van der Waals surface area contributed by atoms with Crippen molar-refractivity contribution in [1.82, 2.24) is 19.7 Å². The molecule has 0 aliphatic carbocycles. The van der Waals surface area contributed by atoms with E-state index in [9.17, 15) is 9.59 Å². The molecule has 0 bridgehead atoms. The number of rotatable bonds is 5. The van der Waals surface area contributed by atoms with Crippen molar-refractivity contribution < 1.29 is 9.21 Å². The van der Waals surface area contributed by atoms with E-state index in [1.165, 1.54) is 17.0 Å². The van der Waals surface area contributed by atoms with Gasteiger partial charge in [-0.15, -0.1) is 0 Å². The number of carbonyl (C=O) groups is 1. The highest BCUT2D eigenvalue weighted by Crippen LogP contribution is 2.26. The summed E-state index contributed by atoms with van der Waals surface area (Å²) in [5, 5.41) is 7.62. The SMILES string of the molecule is O=C(Nc1cc(-c2ccco2)nn1-c1nc(-c2ccccc2)cc(=O)[nH]1)c1ccccc1Cl. The Morgan fingerprint density at radius 1 is 0.970 bits per heavy atom. The molecule has 2 aromatic carbocycles. The number of aromatic amines is 1. The molecular formula is C24H16ClN5O3. The average Bonchev–Trinajstić information content (AvgIpc) is 3.50. The lowest BCUT2D eigenvalue weighted by Crippen LogP contribution is -2.19. The first kappa shape index (κ1) is 20.5. The topological polar surface area (TPSA) is 106 Å². The summed E-state index contributed by atoms with van der Waals surface area (Å²) >= 11 is 6.18. The van der Waals surface area contributed by atoms with Gasteiger partial charge in [-0.1, -0.05) is 54.1 Å².